The van der Waals surface area contributed by atoms with Crippen LogP contribution in [0.5, 0.6) is 5.75 Å². The normalized spacial score (nSPS) is 11.2. The minimum atomic E-state index is -2.91. The molecule has 0 atom stereocenters. The third-order valence-electron chi connectivity index (χ3n) is 4.56. The maximum absolute atomic E-state index is 12.5. The Balaban J connectivity index is 1.52. The number of halogens is 2. The van der Waals surface area contributed by atoms with Gasteiger partial charge in [-0.3, -0.25) is 4.79 Å². The van der Waals surface area contributed by atoms with Gasteiger partial charge >= 0.3 is 6.61 Å². The maximum atomic E-state index is 12.5. The predicted molar refractivity (Wildman–Crippen MR) is 102 cm³/mol. The van der Waals surface area contributed by atoms with Gasteiger partial charge in [0.05, 0.1) is 12.7 Å². The summed E-state index contributed by atoms with van der Waals surface area (Å²) < 4.78 is 35.1. The highest BCUT2D eigenvalue weighted by atomic mass is 19.3. The Morgan fingerprint density at radius 2 is 1.79 bits per heavy atom. The molecule has 0 saturated heterocycles. The van der Waals surface area contributed by atoms with Gasteiger partial charge in [-0.15, -0.1) is 0 Å². The zero-order valence-electron chi connectivity index (χ0n) is 14.8. The predicted octanol–water partition coefficient (Wildman–Crippen LogP) is 5.05. The highest BCUT2D eigenvalue weighted by molar-refractivity contribution is 6.08. The summed E-state index contributed by atoms with van der Waals surface area (Å²) in [5, 5.41) is 5.76. The Hall–Kier alpha value is -3.41. The van der Waals surface area contributed by atoms with Gasteiger partial charge < -0.3 is 14.5 Å². The first-order valence-electron chi connectivity index (χ1n) is 8.79. The molecular weight excluding hydrogens is 364 g/mol. The first kappa shape index (κ1) is 18.0. The van der Waals surface area contributed by atoms with E-state index in [4.69, 9.17) is 4.42 Å². The van der Waals surface area contributed by atoms with Gasteiger partial charge in [-0.2, -0.15) is 8.78 Å². The van der Waals surface area contributed by atoms with Crippen LogP contribution in [0.4, 0.5) is 8.78 Å². The molecule has 0 saturated carbocycles. The molecule has 1 amide bonds. The average Bonchev–Trinajstić information content (AvgIpc) is 3.10. The first-order chi connectivity index (χ1) is 13.6. The highest BCUT2D eigenvalue weighted by Crippen LogP contribution is 2.30. The molecule has 0 aliphatic heterocycles. The molecule has 4 aromatic rings. The molecule has 0 spiro atoms. The van der Waals surface area contributed by atoms with Crippen molar-refractivity contribution in [1.82, 2.24) is 5.32 Å². The molecule has 4 rings (SSSR count). The van der Waals surface area contributed by atoms with Gasteiger partial charge in [-0.1, -0.05) is 48.5 Å². The Labute approximate surface area is 159 Å². The molecule has 0 aliphatic rings. The van der Waals surface area contributed by atoms with Crippen LogP contribution in [0, 0.1) is 0 Å². The second-order valence-corrected chi connectivity index (χ2v) is 6.36. The number of alkyl halides is 2. The lowest BCUT2D eigenvalue weighted by atomic mass is 10.0. The van der Waals surface area contributed by atoms with E-state index >= 15 is 0 Å². The van der Waals surface area contributed by atoms with Gasteiger partial charge in [0, 0.05) is 23.1 Å². The van der Waals surface area contributed by atoms with E-state index in [-0.39, 0.29) is 24.6 Å². The van der Waals surface area contributed by atoms with Crippen molar-refractivity contribution in [3.63, 3.8) is 0 Å². The molecule has 28 heavy (non-hydrogen) atoms. The number of ether oxygens (including phenoxy) is 1. The van der Waals surface area contributed by atoms with Crippen molar-refractivity contribution >= 4 is 27.6 Å². The molecule has 1 N–H and O–H groups in total. The molecule has 0 bridgehead atoms. The summed E-state index contributed by atoms with van der Waals surface area (Å²) in [5.41, 5.74) is 1.98. The van der Waals surface area contributed by atoms with E-state index in [9.17, 15) is 13.6 Å². The van der Waals surface area contributed by atoms with Crippen LogP contribution < -0.4 is 10.1 Å². The molecule has 142 valence electrons. The number of carbonyl (C=O) groups is 1. The molecule has 4 nitrogen and oxygen atoms in total. The summed E-state index contributed by atoms with van der Waals surface area (Å²) >= 11 is 0. The van der Waals surface area contributed by atoms with E-state index in [1.807, 2.05) is 36.4 Å². The number of rotatable bonds is 6. The number of benzene rings is 3. The monoisotopic (exact) mass is 381 g/mol. The van der Waals surface area contributed by atoms with Crippen molar-refractivity contribution in [3.8, 4) is 5.75 Å². The third-order valence-corrected chi connectivity index (χ3v) is 4.56. The second kappa shape index (κ2) is 7.68. The zero-order chi connectivity index (χ0) is 19.5. The molecule has 1 heterocycles. The molecule has 0 aliphatic carbocycles. The summed E-state index contributed by atoms with van der Waals surface area (Å²) in [6.45, 7) is -2.82. The van der Waals surface area contributed by atoms with Gasteiger partial charge in [0.2, 0.25) is 5.91 Å². The van der Waals surface area contributed by atoms with Crippen LogP contribution >= 0.6 is 0 Å². The average molecular weight is 381 g/mol. The topological polar surface area (TPSA) is 51.5 Å². The van der Waals surface area contributed by atoms with E-state index in [0.717, 1.165) is 27.3 Å². The van der Waals surface area contributed by atoms with Crippen LogP contribution in [0.25, 0.3) is 21.7 Å². The van der Waals surface area contributed by atoms with Crippen molar-refractivity contribution < 1.29 is 22.7 Å². The maximum Gasteiger partial charge on any atom is 0.387 e. The Bertz CT molecular complexity index is 1140. The molecule has 6 heteroatoms. The number of amides is 1. The van der Waals surface area contributed by atoms with Crippen LogP contribution in [-0.2, 0) is 17.8 Å². The smallest absolute Gasteiger partial charge is 0.387 e. The number of fused-ring (bicyclic) bond motifs is 3. The van der Waals surface area contributed by atoms with E-state index < -0.39 is 6.61 Å². The van der Waals surface area contributed by atoms with E-state index in [1.54, 1.807) is 24.5 Å². The van der Waals surface area contributed by atoms with Crippen molar-refractivity contribution in [2.45, 2.75) is 19.6 Å². The highest BCUT2D eigenvalue weighted by Gasteiger charge is 2.14. The number of furan rings is 1. The van der Waals surface area contributed by atoms with Gasteiger partial charge in [-0.25, -0.2) is 0 Å². The van der Waals surface area contributed by atoms with Crippen LogP contribution in [-0.4, -0.2) is 12.5 Å². The van der Waals surface area contributed by atoms with Crippen LogP contribution in [0.2, 0.25) is 0 Å². The second-order valence-electron chi connectivity index (χ2n) is 6.36. The fourth-order valence-corrected chi connectivity index (χ4v) is 3.29. The Morgan fingerprint density at radius 3 is 2.64 bits per heavy atom. The number of hydrogen-bond donors (Lipinski definition) is 1. The summed E-state index contributed by atoms with van der Waals surface area (Å²) in [6, 6.07) is 18.2. The van der Waals surface area contributed by atoms with Gasteiger partial charge in [0.15, 0.2) is 0 Å². The molecule has 0 unspecified atom stereocenters. The Morgan fingerprint density at radius 1 is 1.00 bits per heavy atom. The summed E-state index contributed by atoms with van der Waals surface area (Å²) in [7, 11) is 0. The number of carbonyl (C=O) groups excluding carboxylic acids is 1. The van der Waals surface area contributed by atoms with Crippen molar-refractivity contribution in [2.75, 3.05) is 0 Å². The summed E-state index contributed by atoms with van der Waals surface area (Å²) in [5.74, 6) is -0.181. The van der Waals surface area contributed by atoms with Gasteiger partial charge in [0.1, 0.15) is 11.3 Å². The van der Waals surface area contributed by atoms with E-state index in [0.29, 0.717) is 5.56 Å². The van der Waals surface area contributed by atoms with E-state index in [2.05, 4.69) is 10.1 Å². The standard InChI is InChI=1S/C22H17F2NO3/c23-22(24)28-18-8-4-2-6-15(18)12-25-20(26)11-16-13-27-19-10-9-14-5-1-3-7-17(14)21(16)19/h1-10,13,22H,11-12H2,(H,25,26). The van der Waals surface area contributed by atoms with Crippen molar-refractivity contribution in [1.29, 1.82) is 0 Å². The zero-order valence-corrected chi connectivity index (χ0v) is 14.8. The lowest BCUT2D eigenvalue weighted by molar-refractivity contribution is -0.120. The quantitative estimate of drug-likeness (QED) is 0.509. The molecular formula is C22H17F2NO3. The van der Waals surface area contributed by atoms with Crippen molar-refractivity contribution in [3.05, 3.63) is 78.1 Å². The minimum Gasteiger partial charge on any atom is -0.464 e. The number of para-hydroxylation sites is 1. The van der Waals surface area contributed by atoms with Gasteiger partial charge in [0.25, 0.3) is 0 Å². The number of nitrogens with one attached hydrogen (secondary N) is 1. The minimum absolute atomic E-state index is 0.0533. The molecule has 1 aromatic heterocycles. The fourth-order valence-electron chi connectivity index (χ4n) is 3.29. The largest absolute Gasteiger partial charge is 0.464 e. The van der Waals surface area contributed by atoms with Crippen LogP contribution in [0.1, 0.15) is 11.1 Å². The molecule has 0 radical (unpaired) electrons. The fraction of sp³-hybridized carbons (Fsp3) is 0.136. The van der Waals surface area contributed by atoms with Crippen LogP contribution in [0.3, 0.4) is 0 Å². The van der Waals surface area contributed by atoms with Crippen molar-refractivity contribution in [2.24, 2.45) is 0 Å². The lowest BCUT2D eigenvalue weighted by Crippen LogP contribution is -2.24. The number of hydrogen-bond acceptors (Lipinski definition) is 3. The Kier molecular flexibility index (Phi) is 4.93. The van der Waals surface area contributed by atoms with Crippen LogP contribution in [0.15, 0.2) is 71.3 Å². The van der Waals surface area contributed by atoms with E-state index in [1.165, 1.54) is 6.07 Å². The van der Waals surface area contributed by atoms with Gasteiger partial charge in [-0.05, 0) is 22.9 Å². The first-order valence-corrected chi connectivity index (χ1v) is 8.79. The lowest BCUT2D eigenvalue weighted by Gasteiger charge is -2.11. The summed E-state index contributed by atoms with van der Waals surface area (Å²) in [6.07, 6.45) is 1.71. The summed E-state index contributed by atoms with van der Waals surface area (Å²) in [4.78, 5) is 12.5. The SMILES string of the molecule is O=C(Cc1coc2ccc3ccccc3c12)NCc1ccccc1OC(F)F. The molecule has 3 aromatic carbocycles. The molecule has 0 fully saturated rings. The third kappa shape index (κ3) is 3.67.